The highest BCUT2D eigenvalue weighted by molar-refractivity contribution is 5.76. The van der Waals surface area contributed by atoms with Crippen molar-refractivity contribution < 1.29 is 14.3 Å². The second-order valence-corrected chi connectivity index (χ2v) is 5.74. The SMILES string of the molecule is COc1cc(C=O)ccc1OCCN1[C@@H](C)CCC[C@@H]1C. The molecule has 0 aromatic heterocycles. The fraction of sp³-hybridized carbons (Fsp3) is 0.588. The van der Waals surface area contributed by atoms with Crippen LogP contribution in [0.5, 0.6) is 11.5 Å². The maximum Gasteiger partial charge on any atom is 0.161 e. The first-order chi connectivity index (χ1) is 10.2. The molecule has 116 valence electrons. The van der Waals surface area contributed by atoms with Gasteiger partial charge in [0, 0.05) is 24.2 Å². The Morgan fingerprint density at radius 2 is 1.95 bits per heavy atom. The Balaban J connectivity index is 1.92. The quantitative estimate of drug-likeness (QED) is 0.755. The topological polar surface area (TPSA) is 38.8 Å². The van der Waals surface area contributed by atoms with Crippen LogP contribution in [0.2, 0.25) is 0 Å². The molecule has 1 heterocycles. The van der Waals surface area contributed by atoms with Gasteiger partial charge >= 0.3 is 0 Å². The number of rotatable bonds is 6. The summed E-state index contributed by atoms with van der Waals surface area (Å²) >= 11 is 0. The molecular weight excluding hydrogens is 266 g/mol. The first-order valence-electron chi connectivity index (χ1n) is 7.67. The molecule has 4 heteroatoms. The summed E-state index contributed by atoms with van der Waals surface area (Å²) in [6, 6.07) is 6.49. The molecule has 1 aromatic carbocycles. The van der Waals surface area contributed by atoms with E-state index in [9.17, 15) is 4.79 Å². The fourth-order valence-electron chi connectivity index (χ4n) is 3.05. The zero-order valence-corrected chi connectivity index (χ0v) is 13.2. The van der Waals surface area contributed by atoms with Gasteiger partial charge in [-0.3, -0.25) is 9.69 Å². The molecule has 0 spiro atoms. The molecule has 0 saturated carbocycles. The van der Waals surface area contributed by atoms with Crippen molar-refractivity contribution in [2.75, 3.05) is 20.3 Å². The minimum atomic E-state index is 0.595. The number of likely N-dealkylation sites (tertiary alicyclic amines) is 1. The Bertz CT molecular complexity index is 465. The van der Waals surface area contributed by atoms with E-state index in [0.717, 1.165) is 12.8 Å². The average molecular weight is 291 g/mol. The summed E-state index contributed by atoms with van der Waals surface area (Å²) in [5.74, 6) is 1.31. The van der Waals surface area contributed by atoms with E-state index in [1.54, 1.807) is 25.3 Å². The number of hydrogen-bond acceptors (Lipinski definition) is 4. The highest BCUT2D eigenvalue weighted by atomic mass is 16.5. The van der Waals surface area contributed by atoms with Gasteiger partial charge in [0.05, 0.1) is 7.11 Å². The normalized spacial score (nSPS) is 22.8. The van der Waals surface area contributed by atoms with E-state index in [1.807, 2.05) is 0 Å². The van der Waals surface area contributed by atoms with Crippen molar-refractivity contribution >= 4 is 6.29 Å². The number of benzene rings is 1. The smallest absolute Gasteiger partial charge is 0.161 e. The average Bonchev–Trinajstić information content (AvgIpc) is 2.50. The van der Waals surface area contributed by atoms with Crippen LogP contribution in [0.3, 0.4) is 0 Å². The number of methoxy groups -OCH3 is 1. The van der Waals surface area contributed by atoms with Crippen LogP contribution in [0.15, 0.2) is 18.2 Å². The van der Waals surface area contributed by atoms with E-state index in [-0.39, 0.29) is 0 Å². The van der Waals surface area contributed by atoms with Gasteiger partial charge in [-0.1, -0.05) is 6.42 Å². The third-order valence-electron chi connectivity index (χ3n) is 4.31. The number of nitrogens with zero attached hydrogens (tertiary/aromatic N) is 1. The summed E-state index contributed by atoms with van der Waals surface area (Å²) in [6.45, 7) is 6.12. The third kappa shape index (κ3) is 3.97. The van der Waals surface area contributed by atoms with E-state index >= 15 is 0 Å². The van der Waals surface area contributed by atoms with Gasteiger partial charge in [-0.2, -0.15) is 0 Å². The molecule has 1 aromatic rings. The second-order valence-electron chi connectivity index (χ2n) is 5.74. The number of carbonyl (C=O) groups is 1. The van der Waals surface area contributed by atoms with E-state index in [1.165, 1.54) is 19.3 Å². The molecule has 2 atom stereocenters. The summed E-state index contributed by atoms with van der Waals surface area (Å²) in [7, 11) is 1.59. The van der Waals surface area contributed by atoms with Crippen molar-refractivity contribution in [3.63, 3.8) is 0 Å². The van der Waals surface area contributed by atoms with Crippen LogP contribution in [-0.2, 0) is 0 Å². The van der Waals surface area contributed by atoms with Gasteiger partial charge in [-0.25, -0.2) is 0 Å². The van der Waals surface area contributed by atoms with Crippen molar-refractivity contribution in [1.29, 1.82) is 0 Å². The Labute approximate surface area is 127 Å². The monoisotopic (exact) mass is 291 g/mol. The van der Waals surface area contributed by atoms with Crippen molar-refractivity contribution in [3.8, 4) is 11.5 Å². The molecule has 1 fully saturated rings. The number of ether oxygens (including phenoxy) is 2. The van der Waals surface area contributed by atoms with E-state index in [2.05, 4.69) is 18.7 Å². The zero-order valence-electron chi connectivity index (χ0n) is 13.2. The molecule has 0 unspecified atom stereocenters. The van der Waals surface area contributed by atoms with Gasteiger partial charge in [0.2, 0.25) is 0 Å². The van der Waals surface area contributed by atoms with Gasteiger partial charge in [0.15, 0.2) is 11.5 Å². The maximum absolute atomic E-state index is 10.8. The molecule has 21 heavy (non-hydrogen) atoms. The van der Waals surface area contributed by atoms with E-state index in [4.69, 9.17) is 9.47 Å². The number of carbonyl (C=O) groups excluding carboxylic acids is 1. The Kier molecular flexibility index (Phi) is 5.62. The molecule has 1 saturated heterocycles. The molecule has 2 rings (SSSR count). The summed E-state index contributed by atoms with van der Waals surface area (Å²) in [6.07, 6.45) is 4.66. The standard InChI is InChI=1S/C17H25NO3/c1-13-5-4-6-14(2)18(13)9-10-21-16-8-7-15(12-19)11-17(16)20-3/h7-8,11-14H,4-6,9-10H2,1-3H3/t13-,14-/m0/s1. The minimum absolute atomic E-state index is 0.595. The molecule has 0 amide bonds. The van der Waals surface area contributed by atoms with Crippen LogP contribution >= 0.6 is 0 Å². The molecule has 0 radical (unpaired) electrons. The van der Waals surface area contributed by atoms with Crippen LogP contribution in [0.1, 0.15) is 43.5 Å². The summed E-state index contributed by atoms with van der Waals surface area (Å²) < 4.78 is 11.1. The molecule has 0 bridgehead atoms. The van der Waals surface area contributed by atoms with Gasteiger partial charge in [0.1, 0.15) is 12.9 Å². The first-order valence-corrected chi connectivity index (χ1v) is 7.67. The molecule has 1 aliphatic heterocycles. The molecular formula is C17H25NO3. The highest BCUT2D eigenvalue weighted by Crippen LogP contribution is 2.28. The van der Waals surface area contributed by atoms with E-state index in [0.29, 0.717) is 35.8 Å². The second kappa shape index (κ2) is 7.46. The van der Waals surface area contributed by atoms with Gasteiger partial charge in [-0.15, -0.1) is 0 Å². The summed E-state index contributed by atoms with van der Waals surface area (Å²) in [4.78, 5) is 13.3. The maximum atomic E-state index is 10.8. The van der Waals surface area contributed by atoms with Crippen LogP contribution in [-0.4, -0.2) is 43.5 Å². The lowest BCUT2D eigenvalue weighted by atomic mass is 9.98. The van der Waals surface area contributed by atoms with Crippen molar-refractivity contribution in [1.82, 2.24) is 4.90 Å². The number of aldehydes is 1. The highest BCUT2D eigenvalue weighted by Gasteiger charge is 2.24. The zero-order chi connectivity index (χ0) is 15.2. The van der Waals surface area contributed by atoms with Crippen LogP contribution in [0, 0.1) is 0 Å². The predicted octanol–water partition coefficient (Wildman–Crippen LogP) is 3.15. The predicted molar refractivity (Wildman–Crippen MR) is 83.4 cm³/mol. The lowest BCUT2D eigenvalue weighted by molar-refractivity contribution is 0.0845. The number of piperidine rings is 1. The Hall–Kier alpha value is -1.55. The number of hydrogen-bond donors (Lipinski definition) is 0. The minimum Gasteiger partial charge on any atom is -0.493 e. The van der Waals surface area contributed by atoms with Gasteiger partial charge in [0.25, 0.3) is 0 Å². The molecule has 0 aliphatic carbocycles. The van der Waals surface area contributed by atoms with Crippen LogP contribution in [0.25, 0.3) is 0 Å². The third-order valence-corrected chi connectivity index (χ3v) is 4.31. The summed E-state index contributed by atoms with van der Waals surface area (Å²) in [5, 5.41) is 0. The van der Waals surface area contributed by atoms with Gasteiger partial charge < -0.3 is 9.47 Å². The van der Waals surface area contributed by atoms with Crippen molar-refractivity contribution in [2.24, 2.45) is 0 Å². The summed E-state index contributed by atoms with van der Waals surface area (Å²) in [5.41, 5.74) is 0.595. The van der Waals surface area contributed by atoms with Crippen molar-refractivity contribution in [3.05, 3.63) is 23.8 Å². The Morgan fingerprint density at radius 3 is 2.57 bits per heavy atom. The fourth-order valence-corrected chi connectivity index (χ4v) is 3.05. The van der Waals surface area contributed by atoms with Gasteiger partial charge in [-0.05, 0) is 44.9 Å². The van der Waals surface area contributed by atoms with E-state index < -0.39 is 0 Å². The van der Waals surface area contributed by atoms with Crippen LogP contribution in [0.4, 0.5) is 0 Å². The Morgan fingerprint density at radius 1 is 1.24 bits per heavy atom. The molecule has 0 N–H and O–H groups in total. The first kappa shape index (κ1) is 15.8. The molecule has 4 nitrogen and oxygen atoms in total. The van der Waals surface area contributed by atoms with Crippen molar-refractivity contribution in [2.45, 2.75) is 45.2 Å². The molecule has 1 aliphatic rings. The van der Waals surface area contributed by atoms with Crippen LogP contribution < -0.4 is 9.47 Å². The lowest BCUT2D eigenvalue weighted by Gasteiger charge is -2.38. The lowest BCUT2D eigenvalue weighted by Crippen LogP contribution is -2.45. The largest absolute Gasteiger partial charge is 0.493 e.